The van der Waals surface area contributed by atoms with Crippen LogP contribution in [0.3, 0.4) is 0 Å². The van der Waals surface area contributed by atoms with Crippen molar-refractivity contribution in [1.82, 2.24) is 0 Å². The Hall–Kier alpha value is -0.710. The first-order valence-corrected chi connectivity index (χ1v) is 8.10. The molecular formula is C15H18BrNOS. The monoisotopic (exact) mass is 339 g/mol. The first-order valence-electron chi connectivity index (χ1n) is 6.15. The molecule has 2 rings (SSSR count). The van der Waals surface area contributed by atoms with Gasteiger partial charge >= 0.3 is 0 Å². The Morgan fingerprint density at radius 2 is 1.84 bits per heavy atom. The van der Waals surface area contributed by atoms with E-state index < -0.39 is 0 Å². The third-order valence-corrected chi connectivity index (χ3v) is 4.47. The molecule has 0 aliphatic carbocycles. The first kappa shape index (κ1) is 14.7. The fraction of sp³-hybridized carbons (Fsp3) is 0.333. The average molecular weight is 340 g/mol. The van der Waals surface area contributed by atoms with Crippen LogP contribution in [0.4, 0.5) is 0 Å². The molecule has 0 amide bonds. The lowest BCUT2D eigenvalue weighted by atomic mass is 10.1. The van der Waals surface area contributed by atoms with Crippen LogP contribution in [0.15, 0.2) is 45.3 Å². The summed E-state index contributed by atoms with van der Waals surface area (Å²) in [6.07, 6.45) is 0. The summed E-state index contributed by atoms with van der Waals surface area (Å²) in [7, 11) is 0. The zero-order chi connectivity index (χ0) is 13.9. The second-order valence-corrected chi connectivity index (χ2v) is 7.16. The van der Waals surface area contributed by atoms with Crippen molar-refractivity contribution in [3.63, 3.8) is 0 Å². The van der Waals surface area contributed by atoms with Crippen LogP contribution in [-0.2, 0) is 5.75 Å². The molecule has 19 heavy (non-hydrogen) atoms. The maximum absolute atomic E-state index is 5.95. The van der Waals surface area contributed by atoms with E-state index in [4.69, 9.17) is 10.2 Å². The highest BCUT2D eigenvalue weighted by atomic mass is 79.9. The molecular weight excluding hydrogens is 322 g/mol. The highest BCUT2D eigenvalue weighted by molar-refractivity contribution is 9.10. The Labute approximate surface area is 126 Å². The summed E-state index contributed by atoms with van der Waals surface area (Å²) >= 11 is 5.23. The van der Waals surface area contributed by atoms with Crippen LogP contribution in [0.2, 0.25) is 0 Å². The van der Waals surface area contributed by atoms with E-state index in [0.717, 1.165) is 33.1 Å². The number of rotatable bonds is 5. The fourth-order valence-corrected chi connectivity index (χ4v) is 2.89. The molecule has 0 unspecified atom stereocenters. The quantitative estimate of drug-likeness (QED) is 0.859. The van der Waals surface area contributed by atoms with Crippen LogP contribution in [0.25, 0.3) is 11.3 Å². The molecule has 0 atom stereocenters. The molecule has 0 aliphatic heterocycles. The summed E-state index contributed by atoms with van der Waals surface area (Å²) < 4.78 is 6.92. The third kappa shape index (κ3) is 4.71. The highest BCUT2D eigenvalue weighted by Crippen LogP contribution is 2.26. The molecule has 2 aromatic rings. The molecule has 1 heterocycles. The van der Waals surface area contributed by atoms with Gasteiger partial charge in [-0.1, -0.05) is 28.1 Å². The van der Waals surface area contributed by atoms with Gasteiger partial charge in [0.05, 0.1) is 5.75 Å². The molecule has 0 saturated heterocycles. The zero-order valence-corrected chi connectivity index (χ0v) is 13.6. The molecule has 0 spiro atoms. The number of nitrogens with two attached hydrogens (primary N) is 1. The van der Waals surface area contributed by atoms with Gasteiger partial charge in [0.15, 0.2) is 0 Å². The van der Waals surface area contributed by atoms with Crippen molar-refractivity contribution >= 4 is 27.7 Å². The van der Waals surface area contributed by atoms with E-state index >= 15 is 0 Å². The third-order valence-electron chi connectivity index (χ3n) is 2.51. The molecule has 0 radical (unpaired) electrons. The minimum absolute atomic E-state index is 0.133. The van der Waals surface area contributed by atoms with Gasteiger partial charge in [-0.25, -0.2) is 0 Å². The van der Waals surface area contributed by atoms with Gasteiger partial charge in [0.25, 0.3) is 0 Å². The summed E-state index contributed by atoms with van der Waals surface area (Å²) in [4.78, 5) is 0. The SMILES string of the molecule is CC(C)(N)CSCc1ccc(-c2ccc(Br)cc2)o1. The molecule has 102 valence electrons. The summed E-state index contributed by atoms with van der Waals surface area (Å²) in [5.41, 5.74) is 6.92. The maximum Gasteiger partial charge on any atom is 0.134 e. The second kappa shape index (κ2) is 6.16. The summed E-state index contributed by atoms with van der Waals surface area (Å²) in [5, 5.41) is 0. The number of benzene rings is 1. The van der Waals surface area contributed by atoms with Gasteiger partial charge in [-0.2, -0.15) is 11.8 Å². The van der Waals surface area contributed by atoms with Crippen molar-refractivity contribution in [1.29, 1.82) is 0 Å². The Bertz CT molecular complexity index is 528. The Morgan fingerprint density at radius 3 is 2.47 bits per heavy atom. The Kier molecular flexibility index (Phi) is 4.76. The van der Waals surface area contributed by atoms with Gasteiger partial charge < -0.3 is 10.2 Å². The van der Waals surface area contributed by atoms with Gasteiger partial charge in [0.2, 0.25) is 0 Å². The molecule has 2 nitrogen and oxygen atoms in total. The zero-order valence-electron chi connectivity index (χ0n) is 11.2. The van der Waals surface area contributed by atoms with E-state index in [1.165, 1.54) is 0 Å². The topological polar surface area (TPSA) is 39.2 Å². The molecule has 1 aromatic heterocycles. The lowest BCUT2D eigenvalue weighted by molar-refractivity contribution is 0.543. The lowest BCUT2D eigenvalue weighted by Crippen LogP contribution is -2.34. The number of thioether (sulfide) groups is 1. The number of furan rings is 1. The smallest absolute Gasteiger partial charge is 0.134 e. The van der Waals surface area contributed by atoms with E-state index in [1.54, 1.807) is 11.8 Å². The fourth-order valence-electron chi connectivity index (χ4n) is 1.64. The standard InChI is InChI=1S/C15H18BrNOS/c1-15(2,17)10-19-9-13-7-8-14(18-13)11-3-5-12(16)6-4-11/h3-8H,9-10,17H2,1-2H3. The van der Waals surface area contributed by atoms with Crippen LogP contribution in [0.1, 0.15) is 19.6 Å². The van der Waals surface area contributed by atoms with Crippen LogP contribution in [0.5, 0.6) is 0 Å². The van der Waals surface area contributed by atoms with E-state index in [0.29, 0.717) is 0 Å². The van der Waals surface area contributed by atoms with Gasteiger partial charge in [-0.05, 0) is 38.1 Å². The molecule has 4 heteroatoms. The average Bonchev–Trinajstić information content (AvgIpc) is 2.77. The second-order valence-electron chi connectivity index (χ2n) is 5.25. The van der Waals surface area contributed by atoms with Crippen LogP contribution < -0.4 is 5.73 Å². The minimum atomic E-state index is -0.133. The molecule has 0 fully saturated rings. The Balaban J connectivity index is 1.97. The van der Waals surface area contributed by atoms with E-state index in [-0.39, 0.29) is 5.54 Å². The Morgan fingerprint density at radius 1 is 1.16 bits per heavy atom. The van der Waals surface area contributed by atoms with E-state index in [2.05, 4.69) is 15.9 Å². The number of halogens is 1. The first-order chi connectivity index (χ1) is 8.94. The van der Waals surface area contributed by atoms with Crippen molar-refractivity contribution < 1.29 is 4.42 Å². The van der Waals surface area contributed by atoms with E-state index in [1.807, 2.05) is 50.2 Å². The van der Waals surface area contributed by atoms with Crippen molar-refractivity contribution in [3.8, 4) is 11.3 Å². The summed E-state index contributed by atoms with van der Waals surface area (Å²) in [6.45, 7) is 4.07. The largest absolute Gasteiger partial charge is 0.460 e. The van der Waals surface area contributed by atoms with Crippen molar-refractivity contribution in [2.24, 2.45) is 5.73 Å². The lowest BCUT2D eigenvalue weighted by Gasteiger charge is -2.16. The molecule has 0 saturated carbocycles. The van der Waals surface area contributed by atoms with Crippen LogP contribution >= 0.6 is 27.7 Å². The van der Waals surface area contributed by atoms with Gasteiger partial charge in [0, 0.05) is 21.3 Å². The number of hydrogen-bond donors (Lipinski definition) is 1. The normalized spacial score (nSPS) is 11.8. The van der Waals surface area contributed by atoms with Gasteiger partial charge in [0.1, 0.15) is 11.5 Å². The van der Waals surface area contributed by atoms with Crippen molar-refractivity contribution in [2.45, 2.75) is 25.1 Å². The predicted molar refractivity (Wildman–Crippen MR) is 86.3 cm³/mol. The van der Waals surface area contributed by atoms with Crippen LogP contribution in [0, 0.1) is 0 Å². The number of hydrogen-bond acceptors (Lipinski definition) is 3. The molecule has 2 N–H and O–H groups in total. The predicted octanol–water partition coefficient (Wildman–Crippen LogP) is 4.68. The molecule has 0 bridgehead atoms. The molecule has 0 aliphatic rings. The molecule has 1 aromatic carbocycles. The summed E-state index contributed by atoms with van der Waals surface area (Å²) in [5.74, 6) is 3.68. The van der Waals surface area contributed by atoms with Crippen molar-refractivity contribution in [2.75, 3.05) is 5.75 Å². The van der Waals surface area contributed by atoms with Crippen molar-refractivity contribution in [3.05, 3.63) is 46.6 Å². The highest BCUT2D eigenvalue weighted by Gasteiger charge is 2.11. The summed E-state index contributed by atoms with van der Waals surface area (Å²) in [6, 6.07) is 12.2. The van der Waals surface area contributed by atoms with Gasteiger partial charge in [-0.3, -0.25) is 0 Å². The van der Waals surface area contributed by atoms with E-state index in [9.17, 15) is 0 Å². The maximum atomic E-state index is 5.95. The van der Waals surface area contributed by atoms with Crippen LogP contribution in [-0.4, -0.2) is 11.3 Å². The minimum Gasteiger partial charge on any atom is -0.460 e. The van der Waals surface area contributed by atoms with Gasteiger partial charge in [-0.15, -0.1) is 0 Å².